The normalized spacial score (nSPS) is 27.1. The summed E-state index contributed by atoms with van der Waals surface area (Å²) in [5.74, 6) is 2.60. The number of nitrogens with one attached hydrogen (secondary N) is 2. The molecule has 1 aliphatic carbocycles. The molecule has 4 rings (SSSR count). The van der Waals surface area contributed by atoms with Crippen molar-refractivity contribution in [2.45, 2.75) is 63.8 Å². The van der Waals surface area contributed by atoms with Crippen LogP contribution < -0.4 is 15.4 Å². The SMILES string of the molecule is CCNC(=NCc1ccccc1OCC1CC1)NC1CC2CCC1O2.I. The van der Waals surface area contributed by atoms with Gasteiger partial charge < -0.3 is 20.1 Å². The molecule has 3 aliphatic rings. The standard InChI is InChI=1S/C20H29N3O2.HI/c1-2-21-20(23-17-11-16-9-10-19(17)25-16)22-12-15-5-3-4-6-18(15)24-13-14-7-8-14;/h3-6,14,16-17,19H,2,7-13H2,1H3,(H2,21,22,23);1H. The summed E-state index contributed by atoms with van der Waals surface area (Å²) in [6, 6.07) is 8.63. The third-order valence-electron chi connectivity index (χ3n) is 5.32. The molecule has 6 heteroatoms. The molecule has 2 bridgehead atoms. The van der Waals surface area contributed by atoms with Crippen molar-refractivity contribution in [2.75, 3.05) is 13.2 Å². The maximum absolute atomic E-state index is 6.00. The van der Waals surface area contributed by atoms with Crippen molar-refractivity contribution in [2.24, 2.45) is 10.9 Å². The van der Waals surface area contributed by atoms with Gasteiger partial charge in [-0.25, -0.2) is 4.99 Å². The highest BCUT2D eigenvalue weighted by atomic mass is 127. The number of para-hydroxylation sites is 1. The quantitative estimate of drug-likeness (QED) is 0.364. The molecular formula is C20H30IN3O2. The predicted octanol–water partition coefficient (Wildman–Crippen LogP) is 3.47. The molecule has 0 radical (unpaired) electrons. The fourth-order valence-corrected chi connectivity index (χ4v) is 3.72. The lowest BCUT2D eigenvalue weighted by molar-refractivity contribution is 0.0992. The number of hydrogen-bond donors (Lipinski definition) is 2. The highest BCUT2D eigenvalue weighted by Gasteiger charge is 2.41. The number of ether oxygens (including phenoxy) is 2. The smallest absolute Gasteiger partial charge is 0.191 e. The predicted molar refractivity (Wildman–Crippen MR) is 114 cm³/mol. The zero-order chi connectivity index (χ0) is 17.1. The van der Waals surface area contributed by atoms with Crippen LogP contribution in [0.25, 0.3) is 0 Å². The van der Waals surface area contributed by atoms with Crippen LogP contribution in [0.1, 0.15) is 44.6 Å². The Morgan fingerprint density at radius 2 is 2.08 bits per heavy atom. The molecule has 26 heavy (non-hydrogen) atoms. The summed E-state index contributed by atoms with van der Waals surface area (Å²) < 4.78 is 11.9. The van der Waals surface area contributed by atoms with E-state index in [1.807, 2.05) is 6.07 Å². The Balaban J connectivity index is 0.00000196. The van der Waals surface area contributed by atoms with Gasteiger partial charge in [-0.2, -0.15) is 0 Å². The number of nitrogens with zero attached hydrogens (tertiary/aromatic N) is 1. The monoisotopic (exact) mass is 471 g/mol. The fourth-order valence-electron chi connectivity index (χ4n) is 3.72. The lowest BCUT2D eigenvalue weighted by Gasteiger charge is -2.22. The Bertz CT molecular complexity index is 621. The molecule has 1 aromatic carbocycles. The van der Waals surface area contributed by atoms with E-state index < -0.39 is 0 Å². The van der Waals surface area contributed by atoms with Gasteiger partial charge in [0, 0.05) is 12.1 Å². The molecule has 5 nitrogen and oxygen atoms in total. The number of rotatable bonds is 7. The average Bonchev–Trinajstić information content (AvgIpc) is 3.23. The molecule has 3 unspecified atom stereocenters. The minimum atomic E-state index is 0. The number of hydrogen-bond acceptors (Lipinski definition) is 3. The van der Waals surface area contributed by atoms with Crippen molar-refractivity contribution in [3.8, 4) is 5.75 Å². The second kappa shape index (κ2) is 9.26. The Kier molecular flexibility index (Phi) is 7.03. The minimum absolute atomic E-state index is 0. The van der Waals surface area contributed by atoms with Crippen LogP contribution >= 0.6 is 24.0 Å². The van der Waals surface area contributed by atoms with E-state index in [9.17, 15) is 0 Å². The minimum Gasteiger partial charge on any atom is -0.493 e. The van der Waals surface area contributed by atoms with Crippen LogP contribution in [0.5, 0.6) is 5.75 Å². The Morgan fingerprint density at radius 1 is 1.23 bits per heavy atom. The van der Waals surface area contributed by atoms with Crippen molar-refractivity contribution >= 4 is 29.9 Å². The molecular weight excluding hydrogens is 441 g/mol. The Labute approximate surface area is 173 Å². The van der Waals surface area contributed by atoms with Gasteiger partial charge in [0.05, 0.1) is 31.4 Å². The van der Waals surface area contributed by atoms with Gasteiger partial charge in [0.15, 0.2) is 5.96 Å². The molecule has 0 aromatic heterocycles. The third kappa shape index (κ3) is 5.03. The highest BCUT2D eigenvalue weighted by Crippen LogP contribution is 2.34. The highest BCUT2D eigenvalue weighted by molar-refractivity contribution is 14.0. The number of benzene rings is 1. The first-order valence-electron chi connectivity index (χ1n) is 9.73. The third-order valence-corrected chi connectivity index (χ3v) is 5.32. The van der Waals surface area contributed by atoms with Gasteiger partial charge in [-0.3, -0.25) is 0 Å². The first-order chi connectivity index (χ1) is 12.3. The van der Waals surface area contributed by atoms with Crippen LogP contribution in [0, 0.1) is 5.92 Å². The van der Waals surface area contributed by atoms with E-state index >= 15 is 0 Å². The Hall–Kier alpha value is -1.02. The number of halogens is 1. The second-order valence-electron chi connectivity index (χ2n) is 7.42. The molecule has 2 saturated heterocycles. The molecule has 0 spiro atoms. The van der Waals surface area contributed by atoms with Crippen LogP contribution in [-0.4, -0.2) is 37.4 Å². The van der Waals surface area contributed by atoms with E-state index in [-0.39, 0.29) is 24.0 Å². The molecule has 1 saturated carbocycles. The lowest BCUT2D eigenvalue weighted by Crippen LogP contribution is -2.47. The molecule has 144 valence electrons. The van der Waals surface area contributed by atoms with Crippen LogP contribution in [0.2, 0.25) is 0 Å². The summed E-state index contributed by atoms with van der Waals surface area (Å²) in [6.45, 7) is 4.41. The van der Waals surface area contributed by atoms with Crippen LogP contribution in [-0.2, 0) is 11.3 Å². The van der Waals surface area contributed by atoms with Gasteiger partial charge in [0.2, 0.25) is 0 Å². The largest absolute Gasteiger partial charge is 0.493 e. The van der Waals surface area contributed by atoms with Crippen LogP contribution in [0.15, 0.2) is 29.3 Å². The summed E-state index contributed by atoms with van der Waals surface area (Å²) in [5, 5.41) is 6.93. The Morgan fingerprint density at radius 3 is 2.77 bits per heavy atom. The van der Waals surface area contributed by atoms with E-state index in [1.54, 1.807) is 0 Å². The van der Waals surface area contributed by atoms with Crippen LogP contribution in [0.3, 0.4) is 0 Å². The molecule has 0 amide bonds. The topological polar surface area (TPSA) is 54.9 Å². The molecule has 1 aromatic rings. The van der Waals surface area contributed by atoms with Crippen molar-refractivity contribution < 1.29 is 9.47 Å². The number of guanidine groups is 1. The van der Waals surface area contributed by atoms with Crippen molar-refractivity contribution in [3.05, 3.63) is 29.8 Å². The maximum Gasteiger partial charge on any atom is 0.191 e. The van der Waals surface area contributed by atoms with Gasteiger partial charge in [-0.15, -0.1) is 24.0 Å². The summed E-state index contributed by atoms with van der Waals surface area (Å²) in [7, 11) is 0. The van der Waals surface area contributed by atoms with Gasteiger partial charge in [-0.1, -0.05) is 18.2 Å². The van der Waals surface area contributed by atoms with Gasteiger partial charge in [0.25, 0.3) is 0 Å². The van der Waals surface area contributed by atoms with Crippen LogP contribution in [0.4, 0.5) is 0 Å². The molecule has 2 aliphatic heterocycles. The van der Waals surface area contributed by atoms with E-state index in [0.29, 0.717) is 24.8 Å². The molecule has 2 N–H and O–H groups in total. The fraction of sp³-hybridized carbons (Fsp3) is 0.650. The molecule has 2 heterocycles. The van der Waals surface area contributed by atoms with Gasteiger partial charge in [-0.05, 0) is 51.0 Å². The maximum atomic E-state index is 6.00. The van der Waals surface area contributed by atoms with E-state index in [0.717, 1.165) is 42.8 Å². The van der Waals surface area contributed by atoms with Crippen molar-refractivity contribution in [1.82, 2.24) is 10.6 Å². The molecule has 3 fully saturated rings. The summed E-state index contributed by atoms with van der Waals surface area (Å²) in [4.78, 5) is 4.79. The van der Waals surface area contributed by atoms with Gasteiger partial charge in [0.1, 0.15) is 5.75 Å². The number of aliphatic imine (C=N–C) groups is 1. The number of fused-ring (bicyclic) bond motifs is 2. The first-order valence-corrected chi connectivity index (χ1v) is 9.73. The average molecular weight is 471 g/mol. The summed E-state index contributed by atoms with van der Waals surface area (Å²) >= 11 is 0. The second-order valence-corrected chi connectivity index (χ2v) is 7.42. The molecule has 3 atom stereocenters. The summed E-state index contributed by atoms with van der Waals surface area (Å²) in [6.07, 6.45) is 6.88. The van der Waals surface area contributed by atoms with E-state index in [4.69, 9.17) is 14.5 Å². The lowest BCUT2D eigenvalue weighted by atomic mass is 9.96. The van der Waals surface area contributed by atoms with Crippen molar-refractivity contribution in [3.63, 3.8) is 0 Å². The summed E-state index contributed by atoms with van der Waals surface area (Å²) in [5.41, 5.74) is 1.14. The van der Waals surface area contributed by atoms with E-state index in [2.05, 4.69) is 35.8 Å². The zero-order valence-corrected chi connectivity index (χ0v) is 17.8. The zero-order valence-electron chi connectivity index (χ0n) is 15.4. The first kappa shape index (κ1) is 19.7. The van der Waals surface area contributed by atoms with Crippen molar-refractivity contribution in [1.29, 1.82) is 0 Å². The van der Waals surface area contributed by atoms with Gasteiger partial charge >= 0.3 is 0 Å². The van der Waals surface area contributed by atoms with E-state index in [1.165, 1.54) is 25.7 Å².